The van der Waals surface area contributed by atoms with Crippen LogP contribution in [0.3, 0.4) is 0 Å². The van der Waals surface area contributed by atoms with Gasteiger partial charge in [-0.3, -0.25) is 0 Å². The van der Waals surface area contributed by atoms with Gasteiger partial charge >= 0.3 is 6.09 Å². The predicted molar refractivity (Wildman–Crippen MR) is 118 cm³/mol. The zero-order chi connectivity index (χ0) is 23.4. The monoisotopic (exact) mass is 448 g/mol. The summed E-state index contributed by atoms with van der Waals surface area (Å²) in [5.41, 5.74) is 3.73. The molecule has 9 nitrogen and oxygen atoms in total. The highest BCUT2D eigenvalue weighted by atomic mass is 16.6. The minimum atomic E-state index is -0.563. The van der Waals surface area contributed by atoms with Gasteiger partial charge in [-0.05, 0) is 56.0 Å². The highest BCUT2D eigenvalue weighted by Gasteiger charge is 2.29. The minimum Gasteiger partial charge on any atom is -0.490 e. The van der Waals surface area contributed by atoms with E-state index in [1.165, 1.54) is 0 Å². The van der Waals surface area contributed by atoms with Crippen LogP contribution in [-0.2, 0) is 11.2 Å². The lowest BCUT2D eigenvalue weighted by atomic mass is 10.0. The molecule has 0 fully saturated rings. The number of aliphatic hydroxyl groups is 1. The molecule has 1 atom stereocenters. The van der Waals surface area contributed by atoms with E-state index in [1.807, 2.05) is 32.0 Å². The quantitative estimate of drug-likeness (QED) is 0.559. The maximum absolute atomic E-state index is 11.9. The van der Waals surface area contributed by atoms with Crippen molar-refractivity contribution >= 4 is 6.09 Å². The van der Waals surface area contributed by atoms with Crippen molar-refractivity contribution in [3.63, 3.8) is 0 Å². The number of carbonyl (C=O) groups excluding carboxylic acids is 1. The summed E-state index contributed by atoms with van der Waals surface area (Å²) in [4.78, 5) is 16.4. The number of fused-ring (bicyclic) bond motifs is 1. The molecular formula is C24H24N4O5. The third-order valence-corrected chi connectivity index (χ3v) is 5.22. The van der Waals surface area contributed by atoms with Crippen LogP contribution in [0.15, 0.2) is 40.9 Å². The zero-order valence-electron chi connectivity index (χ0n) is 18.4. The zero-order valence-corrected chi connectivity index (χ0v) is 18.4. The molecule has 1 aliphatic rings. The lowest BCUT2D eigenvalue weighted by Gasteiger charge is -2.14. The van der Waals surface area contributed by atoms with Gasteiger partial charge in [0.05, 0.1) is 18.3 Å². The summed E-state index contributed by atoms with van der Waals surface area (Å²) in [6, 6.07) is 13.0. The summed E-state index contributed by atoms with van der Waals surface area (Å²) in [6.07, 6.45) is 0.357. The first-order valence-electron chi connectivity index (χ1n) is 10.7. The number of aromatic nitrogens is 2. The van der Waals surface area contributed by atoms with Crippen molar-refractivity contribution < 1.29 is 23.9 Å². The Balaban J connectivity index is 1.58. The van der Waals surface area contributed by atoms with Gasteiger partial charge in [0, 0.05) is 17.7 Å². The van der Waals surface area contributed by atoms with E-state index >= 15 is 0 Å². The van der Waals surface area contributed by atoms with E-state index in [9.17, 15) is 10.1 Å². The molecule has 1 amide bonds. The Morgan fingerprint density at radius 1 is 1.36 bits per heavy atom. The molecular weight excluding hydrogens is 424 g/mol. The number of nitriles is 1. The van der Waals surface area contributed by atoms with Crippen LogP contribution in [0.25, 0.3) is 22.8 Å². The number of hydrogen-bond donors (Lipinski definition) is 2. The number of hydrogen-bond acceptors (Lipinski definition) is 8. The van der Waals surface area contributed by atoms with Gasteiger partial charge in [-0.2, -0.15) is 10.2 Å². The fraction of sp³-hybridized carbons (Fsp3) is 0.333. The summed E-state index contributed by atoms with van der Waals surface area (Å²) >= 11 is 0. The Bertz CT molecular complexity index is 1200. The standard InChI is InChI=1S/C24H24N4O5/c1-14(2)31-20-8-6-15(12-16(20)13-25)23-27-22(28-33-23)19-5-3-4-18-17(19)7-9-21(18)32-24(30)26-10-11-29/h3-6,8,12,14,21,29H,7,9-11H2,1-2H3,(H,26,30). The Kier molecular flexibility index (Phi) is 6.56. The first-order valence-corrected chi connectivity index (χ1v) is 10.7. The number of nitrogens with zero attached hydrogens (tertiary/aromatic N) is 3. The van der Waals surface area contributed by atoms with Gasteiger partial charge in [0.25, 0.3) is 5.89 Å². The second-order valence-electron chi connectivity index (χ2n) is 7.87. The van der Waals surface area contributed by atoms with E-state index in [1.54, 1.807) is 18.2 Å². The average Bonchev–Trinajstić information content (AvgIpc) is 3.45. The van der Waals surface area contributed by atoms with Gasteiger partial charge in [-0.15, -0.1) is 0 Å². The van der Waals surface area contributed by atoms with Crippen molar-refractivity contribution in [3.8, 4) is 34.7 Å². The van der Waals surface area contributed by atoms with Gasteiger partial charge in [0.1, 0.15) is 17.9 Å². The molecule has 2 aromatic carbocycles. The number of alkyl carbamates (subject to hydrolysis) is 1. The Hall–Kier alpha value is -3.90. The van der Waals surface area contributed by atoms with E-state index in [0.29, 0.717) is 41.4 Å². The number of amides is 1. The van der Waals surface area contributed by atoms with Gasteiger partial charge in [-0.1, -0.05) is 23.4 Å². The van der Waals surface area contributed by atoms with Crippen LogP contribution in [0.4, 0.5) is 4.79 Å². The van der Waals surface area contributed by atoms with Crippen LogP contribution in [-0.4, -0.2) is 40.6 Å². The maximum Gasteiger partial charge on any atom is 0.407 e. The second kappa shape index (κ2) is 9.71. The topological polar surface area (TPSA) is 130 Å². The first-order chi connectivity index (χ1) is 16.0. The number of benzene rings is 2. The third-order valence-electron chi connectivity index (χ3n) is 5.22. The van der Waals surface area contributed by atoms with Crippen molar-refractivity contribution in [2.75, 3.05) is 13.2 Å². The summed E-state index contributed by atoms with van der Waals surface area (Å²) in [6.45, 7) is 3.79. The fourth-order valence-corrected chi connectivity index (χ4v) is 3.83. The van der Waals surface area contributed by atoms with E-state index in [2.05, 4.69) is 21.5 Å². The Labute approximate surface area is 190 Å². The molecule has 0 radical (unpaired) electrons. The van der Waals surface area contributed by atoms with Crippen LogP contribution in [0.1, 0.15) is 43.1 Å². The highest BCUT2D eigenvalue weighted by molar-refractivity contribution is 5.69. The maximum atomic E-state index is 11.9. The smallest absolute Gasteiger partial charge is 0.407 e. The van der Waals surface area contributed by atoms with Crippen LogP contribution >= 0.6 is 0 Å². The van der Waals surface area contributed by atoms with Crippen LogP contribution < -0.4 is 10.1 Å². The molecule has 1 unspecified atom stereocenters. The van der Waals surface area contributed by atoms with Gasteiger partial charge < -0.3 is 24.4 Å². The van der Waals surface area contributed by atoms with Crippen LogP contribution in [0.2, 0.25) is 0 Å². The largest absolute Gasteiger partial charge is 0.490 e. The van der Waals surface area contributed by atoms with Gasteiger partial charge in [0.2, 0.25) is 5.82 Å². The van der Waals surface area contributed by atoms with E-state index in [0.717, 1.165) is 16.7 Å². The molecule has 1 aliphatic carbocycles. The lowest BCUT2D eigenvalue weighted by molar-refractivity contribution is 0.0966. The fourth-order valence-electron chi connectivity index (χ4n) is 3.83. The Morgan fingerprint density at radius 3 is 2.97 bits per heavy atom. The normalized spacial score (nSPS) is 14.6. The minimum absolute atomic E-state index is 0.0494. The SMILES string of the molecule is CC(C)Oc1ccc(-c2nc(-c3cccc4c3CCC4OC(=O)NCCO)no2)cc1C#N. The number of carbonyl (C=O) groups is 1. The van der Waals surface area contributed by atoms with Crippen molar-refractivity contribution in [2.45, 2.75) is 38.9 Å². The lowest BCUT2D eigenvalue weighted by Crippen LogP contribution is -2.28. The van der Waals surface area contributed by atoms with Crippen molar-refractivity contribution in [1.82, 2.24) is 15.5 Å². The van der Waals surface area contributed by atoms with Crippen LogP contribution in [0.5, 0.6) is 5.75 Å². The summed E-state index contributed by atoms with van der Waals surface area (Å²) in [5, 5.41) is 25.0. The molecule has 33 heavy (non-hydrogen) atoms. The molecule has 0 saturated carbocycles. The van der Waals surface area contributed by atoms with Crippen molar-refractivity contribution in [2.24, 2.45) is 0 Å². The van der Waals surface area contributed by atoms with Crippen LogP contribution in [0, 0.1) is 11.3 Å². The summed E-state index contributed by atoms with van der Waals surface area (Å²) in [5.74, 6) is 1.23. The number of aliphatic hydroxyl groups excluding tert-OH is 1. The molecule has 170 valence electrons. The molecule has 0 bridgehead atoms. The van der Waals surface area contributed by atoms with E-state index in [4.69, 9.17) is 19.1 Å². The van der Waals surface area contributed by atoms with E-state index in [-0.39, 0.29) is 25.4 Å². The molecule has 0 saturated heterocycles. The molecule has 2 N–H and O–H groups in total. The highest BCUT2D eigenvalue weighted by Crippen LogP contribution is 2.39. The predicted octanol–water partition coefficient (Wildman–Crippen LogP) is 3.77. The molecule has 0 spiro atoms. The first kappa shape index (κ1) is 22.3. The van der Waals surface area contributed by atoms with Crippen molar-refractivity contribution in [1.29, 1.82) is 5.26 Å². The third kappa shape index (κ3) is 4.81. The summed E-state index contributed by atoms with van der Waals surface area (Å²) < 4.78 is 16.7. The second-order valence-corrected chi connectivity index (χ2v) is 7.87. The number of rotatable bonds is 7. The Morgan fingerprint density at radius 2 is 2.21 bits per heavy atom. The van der Waals surface area contributed by atoms with Gasteiger partial charge in [0.15, 0.2) is 0 Å². The van der Waals surface area contributed by atoms with Gasteiger partial charge in [-0.25, -0.2) is 4.79 Å². The molecule has 9 heteroatoms. The molecule has 1 heterocycles. The average molecular weight is 448 g/mol. The molecule has 0 aliphatic heterocycles. The van der Waals surface area contributed by atoms with Crippen molar-refractivity contribution in [3.05, 3.63) is 53.1 Å². The number of ether oxygens (including phenoxy) is 2. The number of nitrogens with one attached hydrogen (secondary N) is 1. The molecule has 3 aromatic rings. The molecule has 4 rings (SSSR count). The molecule has 1 aromatic heterocycles. The summed E-state index contributed by atoms with van der Waals surface area (Å²) in [7, 11) is 0. The van der Waals surface area contributed by atoms with E-state index < -0.39 is 6.09 Å².